The van der Waals surface area contributed by atoms with E-state index in [1.807, 2.05) is 42.2 Å². The van der Waals surface area contributed by atoms with Crippen molar-refractivity contribution in [3.63, 3.8) is 0 Å². The highest BCUT2D eigenvalue weighted by atomic mass is 19.1. The molecule has 1 fully saturated rings. The van der Waals surface area contributed by atoms with Crippen molar-refractivity contribution in [2.24, 2.45) is 0 Å². The van der Waals surface area contributed by atoms with Crippen molar-refractivity contribution in [1.82, 2.24) is 9.88 Å². The smallest absolute Gasteiger partial charge is 0.272 e. The number of carbonyl (C=O) groups is 1. The second-order valence-corrected chi connectivity index (χ2v) is 7.62. The lowest BCUT2D eigenvalue weighted by atomic mass is 9.94. The largest absolute Gasteiger partial charge is 0.373 e. The van der Waals surface area contributed by atoms with Crippen LogP contribution in [0.5, 0.6) is 0 Å². The second-order valence-electron chi connectivity index (χ2n) is 7.62. The Kier molecular flexibility index (Phi) is 6.37. The Morgan fingerprint density at radius 3 is 2.45 bits per heavy atom. The number of carbonyl (C=O) groups excluding carboxylic acids is 1. The van der Waals surface area contributed by atoms with E-state index in [-0.39, 0.29) is 18.1 Å². The molecule has 0 spiro atoms. The van der Waals surface area contributed by atoms with Gasteiger partial charge in [0.05, 0.1) is 6.10 Å². The summed E-state index contributed by atoms with van der Waals surface area (Å²) >= 11 is 0. The molecule has 4 nitrogen and oxygen atoms in total. The molecule has 2 aromatic carbocycles. The third-order valence-corrected chi connectivity index (χ3v) is 5.66. The fraction of sp³-hybridized carbons (Fsp3) is 0.280. The molecule has 0 radical (unpaired) electrons. The lowest BCUT2D eigenvalue weighted by molar-refractivity contribution is -0.0232. The Morgan fingerprint density at radius 1 is 1.06 bits per heavy atom. The Morgan fingerprint density at radius 2 is 1.81 bits per heavy atom. The maximum atomic E-state index is 13.5. The summed E-state index contributed by atoms with van der Waals surface area (Å²) in [6, 6.07) is 16.4. The first-order valence-corrected chi connectivity index (χ1v) is 10.4. The van der Waals surface area contributed by atoms with Gasteiger partial charge in [0.15, 0.2) is 0 Å². The molecule has 6 heteroatoms. The Labute approximate surface area is 180 Å². The quantitative estimate of drug-likeness (QED) is 0.552. The van der Waals surface area contributed by atoms with E-state index in [1.165, 1.54) is 12.1 Å². The van der Waals surface area contributed by atoms with E-state index >= 15 is 0 Å². The predicted octanol–water partition coefficient (Wildman–Crippen LogP) is 5.41. The van der Waals surface area contributed by atoms with Crippen LogP contribution in [0.4, 0.5) is 8.78 Å². The van der Waals surface area contributed by atoms with Crippen molar-refractivity contribution in [2.75, 3.05) is 13.2 Å². The molecule has 0 unspecified atom stereocenters. The minimum Gasteiger partial charge on any atom is -0.373 e. The van der Waals surface area contributed by atoms with Gasteiger partial charge in [-0.3, -0.25) is 9.78 Å². The first kappa shape index (κ1) is 21.1. The van der Waals surface area contributed by atoms with Crippen LogP contribution in [0, 0.1) is 11.6 Å². The van der Waals surface area contributed by atoms with Crippen LogP contribution in [-0.2, 0) is 4.74 Å². The first-order valence-electron chi connectivity index (χ1n) is 10.4. The van der Waals surface area contributed by atoms with Gasteiger partial charge in [0.1, 0.15) is 17.3 Å². The van der Waals surface area contributed by atoms with Gasteiger partial charge in [-0.15, -0.1) is 0 Å². The van der Waals surface area contributed by atoms with Crippen LogP contribution >= 0.6 is 0 Å². The fourth-order valence-corrected chi connectivity index (χ4v) is 4.11. The Balaban J connectivity index is 1.49. The molecule has 0 aliphatic carbocycles. The number of nitrogens with zero attached hydrogens (tertiary/aromatic N) is 2. The normalized spacial score (nSPS) is 18.5. The number of halogens is 2. The van der Waals surface area contributed by atoms with E-state index in [2.05, 4.69) is 4.98 Å². The van der Waals surface area contributed by atoms with Crippen molar-refractivity contribution in [3.8, 4) is 11.1 Å². The highest BCUT2D eigenvalue weighted by Crippen LogP contribution is 2.32. The molecule has 1 aliphatic rings. The first-order chi connectivity index (χ1) is 15.0. The van der Waals surface area contributed by atoms with Crippen molar-refractivity contribution in [2.45, 2.75) is 31.9 Å². The summed E-state index contributed by atoms with van der Waals surface area (Å²) in [7, 11) is 0. The van der Waals surface area contributed by atoms with Crippen molar-refractivity contribution < 1.29 is 18.3 Å². The van der Waals surface area contributed by atoms with Crippen molar-refractivity contribution >= 4 is 5.91 Å². The van der Waals surface area contributed by atoms with Gasteiger partial charge in [-0.05, 0) is 60.7 Å². The molecule has 0 N–H and O–H groups in total. The molecule has 3 aromatic rings. The maximum Gasteiger partial charge on any atom is 0.272 e. The van der Waals surface area contributed by atoms with E-state index in [0.717, 1.165) is 23.6 Å². The molecule has 4 rings (SSSR count). The van der Waals surface area contributed by atoms with Crippen LogP contribution in [0.25, 0.3) is 11.1 Å². The van der Waals surface area contributed by atoms with Gasteiger partial charge >= 0.3 is 0 Å². The van der Waals surface area contributed by atoms with Gasteiger partial charge in [0.2, 0.25) is 0 Å². The minimum absolute atomic E-state index is 0.0512. The molecule has 1 aliphatic heterocycles. The number of hydrogen-bond donors (Lipinski definition) is 0. The van der Waals surface area contributed by atoms with Crippen molar-refractivity contribution in [1.29, 1.82) is 0 Å². The van der Waals surface area contributed by atoms with Gasteiger partial charge < -0.3 is 9.64 Å². The summed E-state index contributed by atoms with van der Waals surface area (Å²) in [5.41, 5.74) is 2.64. The lowest BCUT2D eigenvalue weighted by Crippen LogP contribution is -2.44. The monoisotopic (exact) mass is 422 g/mol. The molecule has 160 valence electrons. The second kappa shape index (κ2) is 9.35. The standard InChI is InChI=1S/C25H24F2N2O2/c1-2-29(25(30)23-5-3-4-11-28-23)22-10-12-31-24(16-22)18-8-6-17(7-9-18)19-13-20(26)15-21(27)14-19/h3-9,11,13-15,22,24H,2,10,12,16H2,1H3/t22-,24+/m0/s1. The van der Waals surface area contributed by atoms with Crippen LogP contribution < -0.4 is 0 Å². The molecule has 1 aromatic heterocycles. The molecule has 31 heavy (non-hydrogen) atoms. The summed E-state index contributed by atoms with van der Waals surface area (Å²) in [4.78, 5) is 19.0. The number of hydrogen-bond acceptors (Lipinski definition) is 3. The number of pyridine rings is 1. The highest BCUT2D eigenvalue weighted by molar-refractivity contribution is 5.92. The van der Waals surface area contributed by atoms with Gasteiger partial charge in [0, 0.05) is 31.5 Å². The molecular weight excluding hydrogens is 398 g/mol. The predicted molar refractivity (Wildman–Crippen MR) is 114 cm³/mol. The third kappa shape index (κ3) is 4.80. The van der Waals surface area contributed by atoms with E-state index in [0.29, 0.717) is 30.8 Å². The summed E-state index contributed by atoms with van der Waals surface area (Å²) in [6.07, 6.45) is 2.92. The van der Waals surface area contributed by atoms with E-state index in [1.54, 1.807) is 18.3 Å². The highest BCUT2D eigenvalue weighted by Gasteiger charge is 2.31. The third-order valence-electron chi connectivity index (χ3n) is 5.66. The lowest BCUT2D eigenvalue weighted by Gasteiger charge is -2.37. The van der Waals surface area contributed by atoms with Crippen LogP contribution in [0.2, 0.25) is 0 Å². The molecule has 2 atom stereocenters. The number of rotatable bonds is 5. The van der Waals surface area contributed by atoms with E-state index in [9.17, 15) is 13.6 Å². The Hall–Kier alpha value is -3.12. The van der Waals surface area contributed by atoms with E-state index in [4.69, 9.17) is 4.74 Å². The maximum absolute atomic E-state index is 13.5. The topological polar surface area (TPSA) is 42.4 Å². The zero-order chi connectivity index (χ0) is 21.8. The summed E-state index contributed by atoms with van der Waals surface area (Å²) in [5, 5.41) is 0. The zero-order valence-corrected chi connectivity index (χ0v) is 17.3. The average molecular weight is 422 g/mol. The number of ether oxygens (including phenoxy) is 1. The average Bonchev–Trinajstić information content (AvgIpc) is 2.80. The van der Waals surface area contributed by atoms with Gasteiger partial charge in [0.25, 0.3) is 5.91 Å². The summed E-state index contributed by atoms with van der Waals surface area (Å²) < 4.78 is 33.0. The molecule has 1 amide bonds. The number of benzene rings is 2. The zero-order valence-electron chi connectivity index (χ0n) is 17.3. The SMILES string of the molecule is CCN(C(=O)c1ccccn1)[C@H]1CCO[C@@H](c2ccc(-c3cc(F)cc(F)c3)cc2)C1. The van der Waals surface area contributed by atoms with Gasteiger partial charge in [-0.2, -0.15) is 0 Å². The molecule has 0 saturated carbocycles. The Bertz CT molecular complexity index is 1020. The van der Waals surface area contributed by atoms with Crippen LogP contribution in [-0.4, -0.2) is 35.0 Å². The molecule has 2 heterocycles. The molecule has 0 bridgehead atoms. The fourth-order valence-electron chi connectivity index (χ4n) is 4.11. The summed E-state index contributed by atoms with van der Waals surface area (Å²) in [6.45, 7) is 3.12. The number of amides is 1. The van der Waals surface area contributed by atoms with E-state index < -0.39 is 11.6 Å². The van der Waals surface area contributed by atoms with Crippen LogP contribution in [0.15, 0.2) is 66.9 Å². The molecule has 1 saturated heterocycles. The summed E-state index contributed by atoms with van der Waals surface area (Å²) in [5.74, 6) is -1.28. The van der Waals surface area contributed by atoms with Crippen molar-refractivity contribution in [3.05, 3.63) is 89.8 Å². The molecular formula is C25H24F2N2O2. The van der Waals surface area contributed by atoms with Gasteiger partial charge in [-0.25, -0.2) is 8.78 Å². The van der Waals surface area contributed by atoms with Crippen LogP contribution in [0.3, 0.4) is 0 Å². The number of aromatic nitrogens is 1. The van der Waals surface area contributed by atoms with Gasteiger partial charge in [-0.1, -0.05) is 30.3 Å². The minimum atomic E-state index is -0.602. The van der Waals surface area contributed by atoms with Crippen LogP contribution in [0.1, 0.15) is 41.9 Å².